The molecule has 2 fully saturated rings. The second kappa shape index (κ2) is 8.97. The fourth-order valence-electron chi connectivity index (χ4n) is 4.75. The third-order valence-electron chi connectivity index (χ3n) is 6.69. The van der Waals surface area contributed by atoms with Crippen molar-refractivity contribution in [3.8, 4) is 0 Å². The highest BCUT2D eigenvalue weighted by atomic mass is 16.3. The lowest BCUT2D eigenvalue weighted by Gasteiger charge is -2.33. The number of hydrogen-bond acceptors (Lipinski definition) is 8. The van der Waals surface area contributed by atoms with Crippen molar-refractivity contribution < 1.29 is 9.21 Å². The maximum absolute atomic E-state index is 12.8. The highest BCUT2D eigenvalue weighted by Crippen LogP contribution is 2.41. The Labute approximate surface area is 193 Å². The van der Waals surface area contributed by atoms with E-state index >= 15 is 0 Å². The van der Waals surface area contributed by atoms with E-state index in [1.54, 1.807) is 25.2 Å². The number of likely N-dealkylation sites (N-methyl/N-ethyl adjacent to an activating group) is 1. The summed E-state index contributed by atoms with van der Waals surface area (Å²) in [5.74, 6) is 1.68. The summed E-state index contributed by atoms with van der Waals surface area (Å²) in [6, 6.07) is 4.03. The molecule has 1 amide bonds. The number of pyridine rings is 1. The van der Waals surface area contributed by atoms with Gasteiger partial charge in [0.2, 0.25) is 5.95 Å². The number of hydrogen-bond donors (Lipinski definition) is 1. The first kappa shape index (κ1) is 21.6. The van der Waals surface area contributed by atoms with Gasteiger partial charge in [0.25, 0.3) is 5.91 Å². The second-order valence-corrected chi connectivity index (χ2v) is 9.25. The fourth-order valence-corrected chi connectivity index (χ4v) is 4.75. The van der Waals surface area contributed by atoms with Crippen LogP contribution in [0.5, 0.6) is 0 Å². The summed E-state index contributed by atoms with van der Waals surface area (Å²) in [6.45, 7) is 4.12. The van der Waals surface area contributed by atoms with Crippen molar-refractivity contribution in [1.82, 2.24) is 24.8 Å². The van der Waals surface area contributed by atoms with Crippen LogP contribution in [-0.4, -0.2) is 78.0 Å². The van der Waals surface area contributed by atoms with E-state index in [2.05, 4.69) is 38.2 Å². The van der Waals surface area contributed by atoms with E-state index in [0.717, 1.165) is 68.6 Å². The molecule has 9 nitrogen and oxygen atoms in total. The fraction of sp³-hybridized carbons (Fsp3) is 0.500. The van der Waals surface area contributed by atoms with Crippen LogP contribution in [-0.2, 0) is 0 Å². The Morgan fingerprint density at radius 2 is 1.85 bits per heavy atom. The Morgan fingerprint density at radius 3 is 2.52 bits per heavy atom. The number of amides is 1. The van der Waals surface area contributed by atoms with Gasteiger partial charge in [-0.1, -0.05) is 12.8 Å². The normalized spacial score (nSPS) is 17.6. The van der Waals surface area contributed by atoms with Crippen molar-refractivity contribution in [3.05, 3.63) is 35.9 Å². The Hall–Kier alpha value is -3.20. The van der Waals surface area contributed by atoms with Crippen LogP contribution in [0.3, 0.4) is 0 Å². The minimum atomic E-state index is -0.134. The van der Waals surface area contributed by atoms with Crippen LogP contribution in [0.2, 0.25) is 0 Å². The third-order valence-corrected chi connectivity index (χ3v) is 6.69. The van der Waals surface area contributed by atoms with Crippen LogP contribution in [0.4, 0.5) is 17.5 Å². The van der Waals surface area contributed by atoms with E-state index in [-0.39, 0.29) is 11.8 Å². The largest absolute Gasteiger partial charge is 0.447 e. The molecular weight excluding hydrogens is 418 g/mol. The Kier molecular flexibility index (Phi) is 5.88. The first-order valence-corrected chi connectivity index (χ1v) is 11.7. The molecule has 1 N–H and O–H groups in total. The van der Waals surface area contributed by atoms with Crippen molar-refractivity contribution in [1.29, 1.82) is 0 Å². The molecular formula is C24H31N7O2. The lowest BCUT2D eigenvalue weighted by molar-refractivity contribution is 0.0797. The van der Waals surface area contributed by atoms with Crippen LogP contribution in [0, 0.1) is 0 Å². The van der Waals surface area contributed by atoms with Crippen LogP contribution in [0.1, 0.15) is 47.7 Å². The maximum Gasteiger partial charge on any atom is 0.289 e. The molecule has 0 spiro atoms. The molecule has 1 saturated heterocycles. The molecule has 1 aliphatic carbocycles. The topological polar surface area (TPSA) is 90.6 Å². The smallest absolute Gasteiger partial charge is 0.289 e. The zero-order valence-electron chi connectivity index (χ0n) is 19.5. The van der Waals surface area contributed by atoms with E-state index in [0.29, 0.717) is 23.1 Å². The van der Waals surface area contributed by atoms with Crippen LogP contribution in [0.15, 0.2) is 28.9 Å². The molecule has 33 heavy (non-hydrogen) atoms. The zero-order valence-corrected chi connectivity index (χ0v) is 19.5. The van der Waals surface area contributed by atoms with E-state index in [1.807, 2.05) is 12.3 Å². The number of furan rings is 1. The van der Waals surface area contributed by atoms with Gasteiger partial charge in [0.1, 0.15) is 11.3 Å². The van der Waals surface area contributed by atoms with Gasteiger partial charge in [-0.3, -0.25) is 4.79 Å². The van der Waals surface area contributed by atoms with Gasteiger partial charge in [-0.2, -0.15) is 0 Å². The summed E-state index contributed by atoms with van der Waals surface area (Å²) in [7, 11) is 5.63. The first-order valence-electron chi connectivity index (χ1n) is 11.7. The molecule has 3 aromatic heterocycles. The average molecular weight is 450 g/mol. The average Bonchev–Trinajstić information content (AvgIpc) is 3.47. The van der Waals surface area contributed by atoms with Gasteiger partial charge in [-0.05, 0) is 37.9 Å². The van der Waals surface area contributed by atoms with Crippen molar-refractivity contribution in [3.63, 3.8) is 0 Å². The molecule has 2 aliphatic rings. The number of aromatic nitrogens is 3. The monoisotopic (exact) mass is 449 g/mol. The molecule has 0 atom stereocenters. The highest BCUT2D eigenvalue weighted by molar-refractivity contribution is 5.98. The maximum atomic E-state index is 12.8. The van der Waals surface area contributed by atoms with Gasteiger partial charge in [-0.25, -0.2) is 15.0 Å². The van der Waals surface area contributed by atoms with Crippen LogP contribution < -0.4 is 10.2 Å². The van der Waals surface area contributed by atoms with E-state index < -0.39 is 0 Å². The Balaban J connectivity index is 1.41. The highest BCUT2D eigenvalue weighted by Gasteiger charge is 2.31. The molecule has 3 aromatic rings. The number of anilines is 3. The van der Waals surface area contributed by atoms with Crippen molar-refractivity contribution in [2.24, 2.45) is 0 Å². The summed E-state index contributed by atoms with van der Waals surface area (Å²) in [5.41, 5.74) is 3.31. The van der Waals surface area contributed by atoms with Crippen molar-refractivity contribution in [2.75, 3.05) is 57.5 Å². The third kappa shape index (κ3) is 4.37. The predicted octanol–water partition coefficient (Wildman–Crippen LogP) is 3.47. The number of carbonyl (C=O) groups is 1. The van der Waals surface area contributed by atoms with Crippen molar-refractivity contribution >= 4 is 34.5 Å². The number of fused-ring (bicyclic) bond motifs is 1. The SMILES string of the molecule is CN1CCN(c2ccc(Nc3ncc4oc(C(=O)N(C)C)c(C5CCCC5)c4n3)nc2)CC1. The number of nitrogens with zero attached hydrogens (tertiary/aromatic N) is 6. The summed E-state index contributed by atoms with van der Waals surface area (Å²) in [5, 5.41) is 3.22. The van der Waals surface area contributed by atoms with Gasteiger partial charge < -0.3 is 24.4 Å². The minimum absolute atomic E-state index is 0.134. The van der Waals surface area contributed by atoms with Gasteiger partial charge in [0, 0.05) is 45.8 Å². The molecule has 0 radical (unpaired) electrons. The number of piperazine rings is 1. The summed E-state index contributed by atoms with van der Waals surface area (Å²) in [6.07, 6.45) is 7.95. The van der Waals surface area contributed by atoms with E-state index in [4.69, 9.17) is 9.40 Å². The van der Waals surface area contributed by atoms with Crippen LogP contribution >= 0.6 is 0 Å². The van der Waals surface area contributed by atoms with Gasteiger partial charge >= 0.3 is 0 Å². The number of carbonyl (C=O) groups excluding carboxylic acids is 1. The molecule has 5 rings (SSSR count). The second-order valence-electron chi connectivity index (χ2n) is 9.25. The number of nitrogens with one attached hydrogen (secondary N) is 1. The molecule has 174 valence electrons. The molecule has 1 aliphatic heterocycles. The molecule has 0 bridgehead atoms. The van der Waals surface area contributed by atoms with Gasteiger partial charge in [-0.15, -0.1) is 0 Å². The van der Waals surface area contributed by atoms with E-state index in [9.17, 15) is 4.79 Å². The molecule has 0 aromatic carbocycles. The standard InChI is InChI=1S/C24H31N7O2/c1-29(2)23(32)22-20(16-6-4-5-7-16)21-18(33-22)15-26-24(28-21)27-19-9-8-17(14-25-19)31-12-10-30(3)11-13-31/h8-9,14-16H,4-7,10-13H2,1-3H3,(H,25,26,27,28). The minimum Gasteiger partial charge on any atom is -0.447 e. The number of rotatable bonds is 5. The summed E-state index contributed by atoms with van der Waals surface area (Å²) < 4.78 is 5.96. The molecule has 0 unspecified atom stereocenters. The van der Waals surface area contributed by atoms with Gasteiger partial charge in [0.15, 0.2) is 11.3 Å². The Bertz CT molecular complexity index is 1130. The lowest BCUT2D eigenvalue weighted by Crippen LogP contribution is -2.44. The quantitative estimate of drug-likeness (QED) is 0.633. The van der Waals surface area contributed by atoms with Crippen molar-refractivity contribution in [2.45, 2.75) is 31.6 Å². The summed E-state index contributed by atoms with van der Waals surface area (Å²) >= 11 is 0. The van der Waals surface area contributed by atoms with Crippen LogP contribution in [0.25, 0.3) is 11.1 Å². The molecule has 9 heteroatoms. The van der Waals surface area contributed by atoms with Gasteiger partial charge in [0.05, 0.1) is 18.1 Å². The molecule has 4 heterocycles. The lowest BCUT2D eigenvalue weighted by atomic mass is 9.96. The first-order chi connectivity index (χ1) is 16.0. The van der Waals surface area contributed by atoms with E-state index in [1.165, 1.54) is 0 Å². The predicted molar refractivity (Wildman–Crippen MR) is 128 cm³/mol. The molecule has 1 saturated carbocycles. The zero-order chi connectivity index (χ0) is 22.9. The Morgan fingerprint density at radius 1 is 1.09 bits per heavy atom. The summed E-state index contributed by atoms with van der Waals surface area (Å²) in [4.78, 5) is 32.8.